The van der Waals surface area contributed by atoms with Gasteiger partial charge in [-0.15, -0.1) is 0 Å². The van der Waals surface area contributed by atoms with E-state index in [1.54, 1.807) is 7.11 Å². The largest absolute Gasteiger partial charge is 0.383 e. The first kappa shape index (κ1) is 14.9. The normalized spacial score (nSPS) is 16.0. The lowest BCUT2D eigenvalue weighted by Gasteiger charge is -2.44. The number of likely N-dealkylation sites (N-methyl/N-ethyl adjacent to an activating group) is 1. The lowest BCUT2D eigenvalue weighted by atomic mass is 9.92. The predicted molar refractivity (Wildman–Crippen MR) is 66.1 cm³/mol. The SMILES string of the molecule is CCC(CC)N(C)C(CC)(CN)COC. The molecular weight excluding hydrogens is 188 g/mol. The van der Waals surface area contributed by atoms with Gasteiger partial charge in [-0.25, -0.2) is 0 Å². The Labute approximate surface area is 95.0 Å². The monoisotopic (exact) mass is 216 g/mol. The maximum atomic E-state index is 5.93. The van der Waals surface area contributed by atoms with E-state index in [4.69, 9.17) is 10.5 Å². The van der Waals surface area contributed by atoms with Gasteiger partial charge in [-0.1, -0.05) is 20.8 Å². The number of hydrogen-bond acceptors (Lipinski definition) is 3. The average molecular weight is 216 g/mol. The topological polar surface area (TPSA) is 38.5 Å². The van der Waals surface area contributed by atoms with E-state index in [0.29, 0.717) is 19.2 Å². The van der Waals surface area contributed by atoms with Gasteiger partial charge in [0.2, 0.25) is 0 Å². The van der Waals surface area contributed by atoms with Crippen molar-refractivity contribution in [3.05, 3.63) is 0 Å². The summed E-state index contributed by atoms with van der Waals surface area (Å²) in [5, 5.41) is 0. The van der Waals surface area contributed by atoms with Crippen LogP contribution >= 0.6 is 0 Å². The Hall–Kier alpha value is -0.120. The summed E-state index contributed by atoms with van der Waals surface area (Å²) >= 11 is 0. The van der Waals surface area contributed by atoms with E-state index in [1.165, 1.54) is 12.8 Å². The molecule has 92 valence electrons. The van der Waals surface area contributed by atoms with Crippen LogP contribution in [0.25, 0.3) is 0 Å². The number of ether oxygens (including phenoxy) is 1. The van der Waals surface area contributed by atoms with Crippen LogP contribution in [-0.2, 0) is 4.74 Å². The average Bonchev–Trinajstić information content (AvgIpc) is 2.27. The molecule has 0 saturated heterocycles. The Morgan fingerprint density at radius 3 is 2.07 bits per heavy atom. The molecule has 0 saturated carbocycles. The molecule has 0 aliphatic rings. The summed E-state index contributed by atoms with van der Waals surface area (Å²) in [7, 11) is 3.92. The molecule has 0 aliphatic heterocycles. The first-order chi connectivity index (χ1) is 7.11. The van der Waals surface area contributed by atoms with Crippen LogP contribution < -0.4 is 5.73 Å². The van der Waals surface area contributed by atoms with Crippen LogP contribution in [0.3, 0.4) is 0 Å². The Morgan fingerprint density at radius 2 is 1.80 bits per heavy atom. The molecule has 0 heterocycles. The maximum Gasteiger partial charge on any atom is 0.0658 e. The van der Waals surface area contributed by atoms with Crippen molar-refractivity contribution in [2.24, 2.45) is 5.73 Å². The Kier molecular flexibility index (Phi) is 7.14. The summed E-state index contributed by atoms with van der Waals surface area (Å²) in [6.45, 7) is 8.02. The minimum Gasteiger partial charge on any atom is -0.383 e. The maximum absolute atomic E-state index is 5.93. The summed E-state index contributed by atoms with van der Waals surface area (Å²) in [6.07, 6.45) is 3.36. The zero-order valence-corrected chi connectivity index (χ0v) is 11.0. The van der Waals surface area contributed by atoms with Crippen molar-refractivity contribution in [3.8, 4) is 0 Å². The van der Waals surface area contributed by atoms with E-state index in [2.05, 4.69) is 32.7 Å². The van der Waals surface area contributed by atoms with Gasteiger partial charge < -0.3 is 10.5 Å². The predicted octanol–water partition coefficient (Wildman–Crippen LogP) is 1.86. The zero-order chi connectivity index (χ0) is 11.9. The molecule has 0 radical (unpaired) electrons. The summed E-state index contributed by atoms with van der Waals surface area (Å²) in [5.74, 6) is 0. The lowest BCUT2D eigenvalue weighted by Crippen LogP contribution is -2.58. The first-order valence-corrected chi connectivity index (χ1v) is 6.03. The van der Waals surface area contributed by atoms with E-state index >= 15 is 0 Å². The highest BCUT2D eigenvalue weighted by Gasteiger charge is 2.34. The van der Waals surface area contributed by atoms with Crippen LogP contribution in [0.4, 0.5) is 0 Å². The Morgan fingerprint density at radius 1 is 1.27 bits per heavy atom. The third-order valence-corrected chi connectivity index (χ3v) is 3.69. The number of nitrogens with zero attached hydrogens (tertiary/aromatic N) is 1. The summed E-state index contributed by atoms with van der Waals surface area (Å²) in [5.41, 5.74) is 5.94. The molecule has 0 amide bonds. The van der Waals surface area contributed by atoms with Gasteiger partial charge in [-0.05, 0) is 26.3 Å². The number of nitrogens with two attached hydrogens (primary N) is 1. The van der Waals surface area contributed by atoms with E-state index in [-0.39, 0.29) is 5.54 Å². The van der Waals surface area contributed by atoms with Gasteiger partial charge in [-0.3, -0.25) is 4.90 Å². The van der Waals surface area contributed by atoms with Crippen LogP contribution in [0.2, 0.25) is 0 Å². The highest BCUT2D eigenvalue weighted by atomic mass is 16.5. The molecule has 2 N–H and O–H groups in total. The van der Waals surface area contributed by atoms with Crippen molar-refractivity contribution in [1.29, 1.82) is 0 Å². The fourth-order valence-corrected chi connectivity index (χ4v) is 2.29. The first-order valence-electron chi connectivity index (χ1n) is 6.03. The molecule has 0 fully saturated rings. The van der Waals surface area contributed by atoms with Crippen molar-refractivity contribution >= 4 is 0 Å². The van der Waals surface area contributed by atoms with Crippen LogP contribution in [0, 0.1) is 0 Å². The van der Waals surface area contributed by atoms with Crippen LogP contribution in [0.5, 0.6) is 0 Å². The van der Waals surface area contributed by atoms with Crippen LogP contribution in [-0.4, -0.2) is 43.8 Å². The number of rotatable bonds is 8. The third kappa shape index (κ3) is 3.44. The number of methoxy groups -OCH3 is 1. The van der Waals surface area contributed by atoms with Crippen molar-refractivity contribution < 1.29 is 4.74 Å². The van der Waals surface area contributed by atoms with Crippen molar-refractivity contribution in [3.63, 3.8) is 0 Å². The molecule has 1 atom stereocenters. The van der Waals surface area contributed by atoms with Gasteiger partial charge in [0.15, 0.2) is 0 Å². The van der Waals surface area contributed by atoms with Gasteiger partial charge in [-0.2, -0.15) is 0 Å². The molecule has 3 nitrogen and oxygen atoms in total. The quantitative estimate of drug-likeness (QED) is 0.673. The molecule has 3 heteroatoms. The van der Waals surface area contributed by atoms with E-state index < -0.39 is 0 Å². The second-order valence-corrected chi connectivity index (χ2v) is 4.30. The summed E-state index contributed by atoms with van der Waals surface area (Å²) < 4.78 is 5.33. The van der Waals surface area contributed by atoms with E-state index in [0.717, 1.165) is 6.42 Å². The second kappa shape index (κ2) is 7.20. The van der Waals surface area contributed by atoms with Crippen LogP contribution in [0.1, 0.15) is 40.0 Å². The molecule has 0 aromatic heterocycles. The van der Waals surface area contributed by atoms with Crippen LogP contribution in [0.15, 0.2) is 0 Å². The van der Waals surface area contributed by atoms with Gasteiger partial charge in [0.05, 0.1) is 12.1 Å². The van der Waals surface area contributed by atoms with E-state index in [1.807, 2.05) is 0 Å². The second-order valence-electron chi connectivity index (χ2n) is 4.30. The molecule has 0 aliphatic carbocycles. The molecule has 0 aromatic carbocycles. The summed E-state index contributed by atoms with van der Waals surface area (Å²) in [6, 6.07) is 0.601. The van der Waals surface area contributed by atoms with Crippen molar-refractivity contribution in [1.82, 2.24) is 4.90 Å². The molecule has 0 spiro atoms. The van der Waals surface area contributed by atoms with Crippen molar-refractivity contribution in [2.45, 2.75) is 51.6 Å². The minimum absolute atomic E-state index is 0.00539. The standard InChI is InChI=1S/C12H28N2O/c1-6-11(7-2)14(4)12(8-3,9-13)10-15-5/h11H,6-10,13H2,1-5H3. The van der Waals surface area contributed by atoms with Gasteiger partial charge in [0, 0.05) is 19.7 Å². The minimum atomic E-state index is 0.00539. The highest BCUT2D eigenvalue weighted by Crippen LogP contribution is 2.23. The van der Waals surface area contributed by atoms with Gasteiger partial charge in [0.25, 0.3) is 0 Å². The number of hydrogen-bond donors (Lipinski definition) is 1. The van der Waals surface area contributed by atoms with E-state index in [9.17, 15) is 0 Å². The lowest BCUT2D eigenvalue weighted by molar-refractivity contribution is 0.000692. The Bertz CT molecular complexity index is 154. The van der Waals surface area contributed by atoms with Crippen molar-refractivity contribution in [2.75, 3.05) is 27.3 Å². The fraction of sp³-hybridized carbons (Fsp3) is 1.00. The Balaban J connectivity index is 4.71. The molecular formula is C12H28N2O. The van der Waals surface area contributed by atoms with Gasteiger partial charge >= 0.3 is 0 Å². The third-order valence-electron chi connectivity index (χ3n) is 3.69. The fourth-order valence-electron chi connectivity index (χ4n) is 2.29. The molecule has 0 aromatic rings. The molecule has 15 heavy (non-hydrogen) atoms. The zero-order valence-electron chi connectivity index (χ0n) is 11.0. The highest BCUT2D eigenvalue weighted by molar-refractivity contribution is 4.91. The van der Waals surface area contributed by atoms with Gasteiger partial charge in [0.1, 0.15) is 0 Å². The molecule has 0 bridgehead atoms. The molecule has 0 rings (SSSR count). The summed E-state index contributed by atoms with van der Waals surface area (Å²) in [4.78, 5) is 2.41. The molecule has 1 unspecified atom stereocenters. The smallest absolute Gasteiger partial charge is 0.0658 e.